The molecule has 1 saturated carbocycles. The van der Waals surface area contributed by atoms with Crippen LogP contribution in [0.3, 0.4) is 0 Å². The van der Waals surface area contributed by atoms with Gasteiger partial charge in [-0.2, -0.15) is 0 Å². The minimum atomic E-state index is -0.788. The lowest BCUT2D eigenvalue weighted by Crippen LogP contribution is -2.22. The molecule has 0 unspecified atom stereocenters. The van der Waals surface area contributed by atoms with Gasteiger partial charge in [-0.05, 0) is 37.8 Å². The Labute approximate surface area is 164 Å². The summed E-state index contributed by atoms with van der Waals surface area (Å²) in [6.45, 7) is 1.64. The van der Waals surface area contributed by atoms with Crippen LogP contribution >= 0.6 is 11.6 Å². The van der Waals surface area contributed by atoms with Gasteiger partial charge in [-0.1, -0.05) is 11.6 Å². The van der Waals surface area contributed by atoms with Crippen molar-refractivity contribution in [3.8, 4) is 11.4 Å². The first-order chi connectivity index (χ1) is 13.4. The van der Waals surface area contributed by atoms with Crippen molar-refractivity contribution >= 4 is 11.6 Å². The van der Waals surface area contributed by atoms with Crippen LogP contribution in [-0.2, 0) is 6.61 Å². The summed E-state index contributed by atoms with van der Waals surface area (Å²) in [5.41, 5.74) is 1.93. The number of pyridine rings is 3. The Kier molecular flexibility index (Phi) is 4.85. The number of nitrogens with zero attached hydrogens (tertiary/aromatic N) is 3. The van der Waals surface area contributed by atoms with Gasteiger partial charge >= 0.3 is 0 Å². The molecule has 0 aliphatic heterocycles. The van der Waals surface area contributed by atoms with Crippen molar-refractivity contribution in [3.63, 3.8) is 0 Å². The topological polar surface area (TPSA) is 57.0 Å². The van der Waals surface area contributed by atoms with Crippen molar-refractivity contribution in [1.82, 2.24) is 14.5 Å². The average Bonchev–Trinajstić information content (AvgIpc) is 3.45. The fourth-order valence-electron chi connectivity index (χ4n) is 3.25. The van der Waals surface area contributed by atoms with E-state index in [9.17, 15) is 13.6 Å². The Bertz CT molecular complexity index is 1110. The maximum absolute atomic E-state index is 13.8. The summed E-state index contributed by atoms with van der Waals surface area (Å²) in [6, 6.07) is 5.46. The molecule has 0 aromatic carbocycles. The van der Waals surface area contributed by atoms with Gasteiger partial charge in [0.15, 0.2) is 5.82 Å². The lowest BCUT2D eigenvalue weighted by molar-refractivity contribution is 0.289. The number of ether oxygens (including phenoxy) is 1. The van der Waals surface area contributed by atoms with Crippen LogP contribution in [0.2, 0.25) is 5.15 Å². The molecule has 4 rings (SSSR count). The summed E-state index contributed by atoms with van der Waals surface area (Å²) in [4.78, 5) is 20.4. The molecular formula is C20H16ClF2N3O2. The van der Waals surface area contributed by atoms with Gasteiger partial charge in [-0.3, -0.25) is 14.3 Å². The maximum Gasteiger partial charge on any atom is 0.259 e. The molecule has 1 aliphatic carbocycles. The van der Waals surface area contributed by atoms with Gasteiger partial charge in [-0.15, -0.1) is 0 Å². The third-order valence-corrected chi connectivity index (χ3v) is 4.87. The normalized spacial score (nSPS) is 13.6. The fourth-order valence-corrected chi connectivity index (χ4v) is 3.42. The van der Waals surface area contributed by atoms with E-state index in [1.807, 2.05) is 6.92 Å². The molecule has 8 heteroatoms. The third kappa shape index (κ3) is 3.62. The second-order valence-electron chi connectivity index (χ2n) is 6.66. The number of halogens is 3. The van der Waals surface area contributed by atoms with E-state index in [1.165, 1.54) is 12.3 Å². The van der Waals surface area contributed by atoms with E-state index in [1.54, 1.807) is 16.7 Å². The Morgan fingerprint density at radius 2 is 2.04 bits per heavy atom. The van der Waals surface area contributed by atoms with Gasteiger partial charge in [0.25, 0.3) is 5.56 Å². The highest BCUT2D eigenvalue weighted by molar-refractivity contribution is 6.29. The Morgan fingerprint density at radius 3 is 2.71 bits per heavy atom. The molecule has 144 valence electrons. The highest BCUT2D eigenvalue weighted by Crippen LogP contribution is 2.45. The molecule has 0 N–H and O–H groups in total. The zero-order chi connectivity index (χ0) is 19.8. The van der Waals surface area contributed by atoms with E-state index >= 15 is 0 Å². The molecule has 0 amide bonds. The van der Waals surface area contributed by atoms with Gasteiger partial charge in [0, 0.05) is 29.6 Å². The molecular weight excluding hydrogens is 388 g/mol. The van der Waals surface area contributed by atoms with Gasteiger partial charge in [0.1, 0.15) is 29.0 Å². The first kappa shape index (κ1) is 18.6. The van der Waals surface area contributed by atoms with Gasteiger partial charge in [-0.25, -0.2) is 13.8 Å². The van der Waals surface area contributed by atoms with E-state index in [2.05, 4.69) is 9.97 Å². The number of aromatic nitrogens is 3. The van der Waals surface area contributed by atoms with Crippen LogP contribution < -0.4 is 10.3 Å². The molecule has 3 aromatic rings. The molecule has 0 saturated heterocycles. The summed E-state index contributed by atoms with van der Waals surface area (Å²) >= 11 is 5.97. The summed E-state index contributed by atoms with van der Waals surface area (Å²) in [6.07, 6.45) is 4.43. The monoisotopic (exact) mass is 403 g/mol. The highest BCUT2D eigenvalue weighted by atomic mass is 35.5. The van der Waals surface area contributed by atoms with E-state index in [4.69, 9.17) is 16.3 Å². The second-order valence-corrected chi connectivity index (χ2v) is 7.05. The molecule has 5 nitrogen and oxygen atoms in total. The number of hydrogen-bond donors (Lipinski definition) is 0. The smallest absolute Gasteiger partial charge is 0.259 e. The zero-order valence-electron chi connectivity index (χ0n) is 15.0. The third-order valence-electron chi connectivity index (χ3n) is 4.67. The van der Waals surface area contributed by atoms with Crippen molar-refractivity contribution in [2.24, 2.45) is 0 Å². The summed E-state index contributed by atoms with van der Waals surface area (Å²) in [5, 5.41) is 0.287. The van der Waals surface area contributed by atoms with Crippen LogP contribution in [0.4, 0.5) is 8.78 Å². The zero-order valence-corrected chi connectivity index (χ0v) is 15.7. The molecule has 3 heterocycles. The molecule has 0 bridgehead atoms. The van der Waals surface area contributed by atoms with Crippen LogP contribution in [0, 0.1) is 18.6 Å². The molecule has 1 fully saturated rings. The summed E-state index contributed by atoms with van der Waals surface area (Å²) in [7, 11) is 0. The van der Waals surface area contributed by atoms with E-state index in [0.717, 1.165) is 36.4 Å². The van der Waals surface area contributed by atoms with Crippen LogP contribution in [0.15, 0.2) is 41.5 Å². The molecule has 0 atom stereocenters. The van der Waals surface area contributed by atoms with Crippen molar-refractivity contribution < 1.29 is 13.5 Å². The predicted octanol–water partition coefficient (Wildman–Crippen LogP) is 4.32. The van der Waals surface area contributed by atoms with E-state index in [-0.39, 0.29) is 28.9 Å². The highest BCUT2D eigenvalue weighted by Gasteiger charge is 2.31. The standard InChI is InChI=1S/C20H16ClF2N3O2/c1-11-20(12-2-3-12)17(28-10-16-15(23)6-13(22)9-25-16)8-19(27)26(11)14-4-5-24-18(21)7-14/h4-9,12H,2-3,10H2,1H3. The first-order valence-corrected chi connectivity index (χ1v) is 9.13. The molecule has 28 heavy (non-hydrogen) atoms. The van der Waals surface area contributed by atoms with Crippen LogP contribution in [0.25, 0.3) is 5.69 Å². The maximum atomic E-state index is 13.8. The number of hydrogen-bond acceptors (Lipinski definition) is 4. The Morgan fingerprint density at radius 1 is 1.25 bits per heavy atom. The van der Waals surface area contributed by atoms with E-state index in [0.29, 0.717) is 11.4 Å². The number of rotatable bonds is 5. The van der Waals surface area contributed by atoms with Crippen LogP contribution in [0.1, 0.15) is 35.7 Å². The first-order valence-electron chi connectivity index (χ1n) is 8.75. The van der Waals surface area contributed by atoms with Crippen molar-refractivity contribution in [1.29, 1.82) is 0 Å². The molecule has 0 spiro atoms. The summed E-state index contributed by atoms with van der Waals surface area (Å²) in [5.74, 6) is -0.879. The van der Waals surface area contributed by atoms with Crippen LogP contribution in [0.5, 0.6) is 5.75 Å². The van der Waals surface area contributed by atoms with Gasteiger partial charge in [0.05, 0.1) is 11.9 Å². The Balaban J connectivity index is 1.73. The quantitative estimate of drug-likeness (QED) is 0.595. The predicted molar refractivity (Wildman–Crippen MR) is 100 cm³/mol. The van der Waals surface area contributed by atoms with Crippen molar-refractivity contribution in [2.75, 3.05) is 0 Å². The van der Waals surface area contributed by atoms with E-state index < -0.39 is 11.6 Å². The fraction of sp³-hybridized carbons (Fsp3) is 0.250. The summed E-state index contributed by atoms with van der Waals surface area (Å²) < 4.78 is 34.2. The Hall–Kier alpha value is -2.80. The van der Waals surface area contributed by atoms with Gasteiger partial charge < -0.3 is 4.74 Å². The SMILES string of the molecule is Cc1c(C2CC2)c(OCc2ncc(F)cc2F)cc(=O)n1-c1ccnc(Cl)c1. The largest absolute Gasteiger partial charge is 0.487 e. The molecule has 1 aliphatic rings. The lowest BCUT2D eigenvalue weighted by atomic mass is 10.1. The average molecular weight is 404 g/mol. The second kappa shape index (κ2) is 7.31. The minimum Gasteiger partial charge on any atom is -0.487 e. The minimum absolute atomic E-state index is 0.0223. The van der Waals surface area contributed by atoms with Crippen molar-refractivity contribution in [3.05, 3.63) is 80.8 Å². The molecule has 3 aromatic heterocycles. The molecule has 0 radical (unpaired) electrons. The lowest BCUT2D eigenvalue weighted by Gasteiger charge is -2.18. The van der Waals surface area contributed by atoms with Crippen molar-refractivity contribution in [2.45, 2.75) is 32.3 Å². The van der Waals surface area contributed by atoms with Gasteiger partial charge in [0.2, 0.25) is 0 Å². The van der Waals surface area contributed by atoms with Crippen LogP contribution in [-0.4, -0.2) is 14.5 Å².